The lowest BCUT2D eigenvalue weighted by Crippen LogP contribution is -2.49. The average molecular weight is 243 g/mol. The smallest absolute Gasteiger partial charge is 0.266 e. The monoisotopic (exact) mass is 243 g/mol. The summed E-state index contributed by atoms with van der Waals surface area (Å²) in [6.45, 7) is 3.62. The minimum atomic E-state index is -4.24. The van der Waals surface area contributed by atoms with Crippen LogP contribution in [-0.2, 0) is 0 Å². The third-order valence-corrected chi connectivity index (χ3v) is 3.05. The molecule has 1 aliphatic rings. The third-order valence-electron chi connectivity index (χ3n) is 3.05. The van der Waals surface area contributed by atoms with Gasteiger partial charge in [-0.25, -0.2) is 8.78 Å². The normalized spacial score (nSPS) is 24.1. The molecule has 0 spiro atoms. The highest BCUT2D eigenvalue weighted by atomic mass is 19.4. The van der Waals surface area contributed by atoms with Gasteiger partial charge in [-0.3, -0.25) is 4.90 Å². The fourth-order valence-electron chi connectivity index (χ4n) is 1.80. The van der Waals surface area contributed by atoms with Crippen LogP contribution in [0.3, 0.4) is 0 Å². The summed E-state index contributed by atoms with van der Waals surface area (Å²) in [6, 6.07) is 0. The summed E-state index contributed by atoms with van der Waals surface area (Å²) < 4.78 is 63.4. The number of rotatable bonds is 2. The van der Waals surface area contributed by atoms with Crippen molar-refractivity contribution in [1.29, 1.82) is 0 Å². The van der Waals surface area contributed by atoms with E-state index in [-0.39, 0.29) is 25.9 Å². The Morgan fingerprint density at radius 1 is 1.19 bits per heavy atom. The first-order valence-corrected chi connectivity index (χ1v) is 5.01. The number of hydrogen-bond acceptors (Lipinski definition) is 1. The van der Waals surface area contributed by atoms with Crippen molar-refractivity contribution in [2.75, 3.05) is 13.1 Å². The lowest BCUT2D eigenvalue weighted by atomic mass is 9.95. The molecule has 1 heterocycles. The van der Waals surface area contributed by atoms with Crippen molar-refractivity contribution in [2.45, 2.75) is 31.7 Å². The zero-order valence-electron chi connectivity index (χ0n) is 8.95. The molecule has 0 amide bonds. The number of piperidine rings is 1. The summed E-state index contributed by atoms with van der Waals surface area (Å²) in [5, 5.41) is 0. The van der Waals surface area contributed by atoms with Crippen molar-refractivity contribution in [3.63, 3.8) is 0 Å². The van der Waals surface area contributed by atoms with Gasteiger partial charge >= 0.3 is 6.18 Å². The Labute approximate surface area is 90.9 Å². The van der Waals surface area contributed by atoms with Crippen LogP contribution >= 0.6 is 0 Å². The van der Waals surface area contributed by atoms with Crippen LogP contribution in [0.2, 0.25) is 0 Å². The molecule has 0 bridgehead atoms. The summed E-state index contributed by atoms with van der Waals surface area (Å²) in [5.74, 6) is -4.94. The zero-order chi connectivity index (χ0) is 12.6. The molecular weight excluding hydrogens is 229 g/mol. The molecule has 16 heavy (non-hydrogen) atoms. The zero-order valence-corrected chi connectivity index (χ0v) is 8.95. The maximum Gasteiger partial charge on any atom is 0.391 e. The molecule has 0 aromatic rings. The second-order valence-electron chi connectivity index (χ2n) is 4.16. The first-order chi connectivity index (χ1) is 7.15. The van der Waals surface area contributed by atoms with Gasteiger partial charge in [-0.2, -0.15) is 13.2 Å². The minimum absolute atomic E-state index is 0.111. The number of alkyl halides is 4. The number of hydrogen-bond donors (Lipinski definition) is 0. The van der Waals surface area contributed by atoms with Gasteiger partial charge in [0.1, 0.15) is 5.83 Å². The van der Waals surface area contributed by atoms with E-state index in [0.717, 1.165) is 11.8 Å². The predicted molar refractivity (Wildman–Crippen MR) is 50.1 cm³/mol. The molecule has 0 aromatic heterocycles. The molecule has 1 fully saturated rings. The fraction of sp³-hybridized carbons (Fsp3) is 0.800. The topological polar surface area (TPSA) is 3.24 Å². The lowest BCUT2D eigenvalue weighted by molar-refractivity contribution is -0.190. The number of nitrogens with zero attached hydrogens (tertiary/aromatic N) is 1. The van der Waals surface area contributed by atoms with Crippen LogP contribution in [0.5, 0.6) is 0 Å². The van der Waals surface area contributed by atoms with Crippen molar-refractivity contribution < 1.29 is 22.0 Å². The molecular formula is C10H14F5N. The quantitative estimate of drug-likeness (QED) is 0.530. The van der Waals surface area contributed by atoms with Gasteiger partial charge in [-0.1, -0.05) is 6.58 Å². The van der Waals surface area contributed by atoms with Crippen LogP contribution in [0.15, 0.2) is 12.4 Å². The first kappa shape index (κ1) is 13.4. The fourth-order valence-corrected chi connectivity index (χ4v) is 1.80. The summed E-state index contributed by atoms with van der Waals surface area (Å²) in [5.41, 5.74) is 0. The Bertz CT molecular complexity index is 263. The summed E-state index contributed by atoms with van der Waals surface area (Å²) in [6.07, 6.45) is -4.64. The molecule has 94 valence electrons. The van der Waals surface area contributed by atoms with E-state index in [0.29, 0.717) is 0 Å². The Balaban J connectivity index is 2.59. The molecule has 0 aliphatic carbocycles. The molecule has 0 N–H and O–H groups in total. The van der Waals surface area contributed by atoms with Crippen molar-refractivity contribution in [2.24, 2.45) is 5.92 Å². The molecule has 1 unspecified atom stereocenters. The van der Waals surface area contributed by atoms with Gasteiger partial charge in [0.05, 0.1) is 5.92 Å². The van der Waals surface area contributed by atoms with Crippen LogP contribution < -0.4 is 0 Å². The highest BCUT2D eigenvalue weighted by molar-refractivity contribution is 5.02. The summed E-state index contributed by atoms with van der Waals surface area (Å²) in [7, 11) is 0. The second-order valence-corrected chi connectivity index (χ2v) is 4.16. The van der Waals surface area contributed by atoms with E-state index in [2.05, 4.69) is 6.58 Å². The van der Waals surface area contributed by atoms with Gasteiger partial charge in [0, 0.05) is 13.1 Å². The summed E-state index contributed by atoms with van der Waals surface area (Å²) >= 11 is 0. The molecule has 6 heteroatoms. The molecule has 1 nitrogen and oxygen atoms in total. The summed E-state index contributed by atoms with van der Waals surface area (Å²) in [4.78, 5) is 1.05. The van der Waals surface area contributed by atoms with Gasteiger partial charge in [0.15, 0.2) is 0 Å². The van der Waals surface area contributed by atoms with E-state index in [4.69, 9.17) is 0 Å². The van der Waals surface area contributed by atoms with Gasteiger partial charge < -0.3 is 0 Å². The van der Waals surface area contributed by atoms with Crippen molar-refractivity contribution >= 4 is 0 Å². The van der Waals surface area contributed by atoms with Crippen LogP contribution in [0.25, 0.3) is 0 Å². The van der Waals surface area contributed by atoms with Gasteiger partial charge in [0.2, 0.25) is 5.79 Å². The largest absolute Gasteiger partial charge is 0.391 e. The van der Waals surface area contributed by atoms with Gasteiger partial charge in [-0.05, 0) is 19.8 Å². The van der Waals surface area contributed by atoms with E-state index in [1.165, 1.54) is 0 Å². The van der Waals surface area contributed by atoms with Crippen LogP contribution in [0.1, 0.15) is 19.8 Å². The SMILES string of the molecule is C=C(F)C(C)(F)N1CCC(C(F)(F)F)CC1. The lowest BCUT2D eigenvalue weighted by Gasteiger charge is -2.39. The molecule has 1 aliphatic heterocycles. The van der Waals surface area contributed by atoms with Crippen molar-refractivity contribution in [3.8, 4) is 0 Å². The molecule has 0 aromatic carbocycles. The van der Waals surface area contributed by atoms with Crippen LogP contribution in [0, 0.1) is 5.92 Å². The maximum absolute atomic E-state index is 13.7. The van der Waals surface area contributed by atoms with Crippen molar-refractivity contribution in [3.05, 3.63) is 12.4 Å². The highest BCUT2D eigenvalue weighted by Crippen LogP contribution is 2.37. The highest BCUT2D eigenvalue weighted by Gasteiger charge is 2.45. The Kier molecular flexibility index (Phi) is 3.62. The third kappa shape index (κ3) is 2.72. The molecule has 1 rings (SSSR count). The van der Waals surface area contributed by atoms with E-state index >= 15 is 0 Å². The second kappa shape index (κ2) is 4.31. The van der Waals surface area contributed by atoms with Gasteiger partial charge in [-0.15, -0.1) is 0 Å². The Hall–Kier alpha value is -0.650. The number of halogens is 5. The van der Waals surface area contributed by atoms with Crippen LogP contribution in [-0.4, -0.2) is 30.0 Å². The van der Waals surface area contributed by atoms with Gasteiger partial charge in [0.25, 0.3) is 0 Å². The molecule has 0 radical (unpaired) electrons. The number of likely N-dealkylation sites (tertiary alicyclic amines) is 1. The molecule has 1 atom stereocenters. The Morgan fingerprint density at radius 2 is 1.62 bits per heavy atom. The van der Waals surface area contributed by atoms with E-state index in [1.54, 1.807) is 0 Å². The predicted octanol–water partition coefficient (Wildman–Crippen LogP) is 3.43. The first-order valence-electron chi connectivity index (χ1n) is 5.01. The average Bonchev–Trinajstić information content (AvgIpc) is 2.16. The minimum Gasteiger partial charge on any atom is -0.266 e. The van der Waals surface area contributed by atoms with Crippen molar-refractivity contribution in [1.82, 2.24) is 4.90 Å². The maximum atomic E-state index is 13.7. The van der Waals surface area contributed by atoms with E-state index in [1.807, 2.05) is 0 Å². The van der Waals surface area contributed by atoms with E-state index in [9.17, 15) is 22.0 Å². The standard InChI is InChI=1S/C10H14F5N/c1-7(11)9(2,12)16-5-3-8(4-6-16)10(13,14)15/h8H,1,3-6H2,2H3. The van der Waals surface area contributed by atoms with E-state index < -0.39 is 23.7 Å². The Morgan fingerprint density at radius 3 is 1.94 bits per heavy atom. The molecule has 0 saturated carbocycles. The molecule has 1 saturated heterocycles. The van der Waals surface area contributed by atoms with Crippen LogP contribution in [0.4, 0.5) is 22.0 Å².